The molecule has 0 N–H and O–H groups in total. The van der Waals surface area contributed by atoms with Crippen LogP contribution in [-0.4, -0.2) is 9.54 Å². The van der Waals surface area contributed by atoms with Crippen LogP contribution in [0.3, 0.4) is 0 Å². The second-order valence-electron chi connectivity index (χ2n) is 3.14. The van der Waals surface area contributed by atoms with Crippen LogP contribution in [0.4, 0.5) is 0 Å². The van der Waals surface area contributed by atoms with Crippen molar-refractivity contribution in [2.75, 3.05) is 0 Å². The molecule has 0 saturated carbocycles. The largest absolute Gasteiger partial charge is 0.227 e. The highest BCUT2D eigenvalue weighted by molar-refractivity contribution is 9.08. The normalized spacial score (nSPS) is 12.7. The van der Waals surface area contributed by atoms with Gasteiger partial charge in [-0.25, -0.2) is 8.42 Å². The minimum Gasteiger partial charge on any atom is -0.227 e. The van der Waals surface area contributed by atoms with Crippen LogP contribution in [0.5, 0.6) is 0 Å². The van der Waals surface area contributed by atoms with Crippen LogP contribution in [-0.2, 0) is 15.9 Å². The number of alkyl halides is 1. The number of benzene rings is 2. The van der Waals surface area contributed by atoms with Gasteiger partial charge in [-0.15, -0.1) is 0 Å². The summed E-state index contributed by atoms with van der Waals surface area (Å²) in [5, 5.41) is 2.13. The zero-order valence-corrected chi connectivity index (χ0v) is 10.2. The van der Waals surface area contributed by atoms with E-state index in [2.05, 4.69) is 15.9 Å². The Balaban J connectivity index is 2.91. The second-order valence-corrected chi connectivity index (χ2v) is 4.61. The summed E-state index contributed by atoms with van der Waals surface area (Å²) in [6.45, 7) is 0. The van der Waals surface area contributed by atoms with E-state index in [0.29, 0.717) is 10.7 Å². The molecule has 0 fully saturated rings. The first kappa shape index (κ1) is 9.36. The molecule has 2 rings (SSSR count). The van der Waals surface area contributed by atoms with Gasteiger partial charge < -0.3 is 0 Å². The molecule has 0 aliphatic heterocycles. The van der Waals surface area contributed by atoms with E-state index in [4.69, 9.17) is 1.12 Å². The second kappa shape index (κ2) is 4.33. The maximum Gasteiger partial charge on any atom is 0.179 e. The molecule has 0 spiro atoms. The number of halogens is 1. The van der Waals surface area contributed by atoms with E-state index in [-0.39, 0.29) is 4.90 Å². The van der Waals surface area contributed by atoms with Crippen LogP contribution in [0.25, 0.3) is 10.8 Å². The number of thiol groups is 1. The van der Waals surface area contributed by atoms with Crippen LogP contribution in [0.1, 0.15) is 5.56 Å². The Morgan fingerprint density at radius 3 is 2.40 bits per heavy atom. The first-order valence-electron chi connectivity index (χ1n) is 4.80. The van der Waals surface area contributed by atoms with Crippen molar-refractivity contribution in [1.82, 2.24) is 0 Å². The number of hydrogen-bond donors (Lipinski definition) is 1. The highest BCUT2D eigenvalue weighted by atomic mass is 79.9. The molecule has 0 amide bonds. The maximum atomic E-state index is 11.3. The third kappa shape index (κ3) is 1.92. The summed E-state index contributed by atoms with van der Waals surface area (Å²) in [4.78, 5) is 0.0628. The van der Waals surface area contributed by atoms with Crippen molar-refractivity contribution >= 4 is 37.3 Å². The molecule has 0 radical (unpaired) electrons. The lowest BCUT2D eigenvalue weighted by Crippen LogP contribution is -1.87. The van der Waals surface area contributed by atoms with Gasteiger partial charge in [0.2, 0.25) is 0 Å². The molecular weight excluding hydrogens is 276 g/mol. The van der Waals surface area contributed by atoms with Gasteiger partial charge in [0.05, 0.1) is 4.90 Å². The minimum atomic E-state index is -3.92. The summed E-state index contributed by atoms with van der Waals surface area (Å²) in [6, 6.07) is 10.4. The summed E-state index contributed by atoms with van der Waals surface area (Å²) in [5.41, 5.74) is 1.02. The van der Waals surface area contributed by atoms with E-state index in [1.165, 1.54) is 6.07 Å². The highest BCUT2D eigenvalue weighted by Crippen LogP contribution is 2.25. The van der Waals surface area contributed by atoms with Gasteiger partial charge >= 0.3 is 0 Å². The summed E-state index contributed by atoms with van der Waals surface area (Å²) >= 11 is 3.36. The van der Waals surface area contributed by atoms with Crippen molar-refractivity contribution in [3.05, 3.63) is 42.0 Å². The predicted molar refractivity (Wildman–Crippen MR) is 65.2 cm³/mol. The topological polar surface area (TPSA) is 34.1 Å². The van der Waals surface area contributed by atoms with Gasteiger partial charge in [0.25, 0.3) is 0 Å². The molecule has 78 valence electrons. The quantitative estimate of drug-likeness (QED) is 0.680. The first-order chi connectivity index (χ1) is 7.54. The first-order valence-corrected chi connectivity index (χ1v) is 6.59. The van der Waals surface area contributed by atoms with Gasteiger partial charge in [-0.05, 0) is 17.0 Å². The summed E-state index contributed by atoms with van der Waals surface area (Å²) in [6.07, 6.45) is 0. The van der Waals surface area contributed by atoms with E-state index in [1.807, 2.05) is 12.1 Å². The van der Waals surface area contributed by atoms with Gasteiger partial charge in [-0.2, -0.15) is 0 Å². The Labute approximate surface area is 99.1 Å². The van der Waals surface area contributed by atoms with Crippen molar-refractivity contribution in [3.63, 3.8) is 0 Å². The number of rotatable bonds is 2. The van der Waals surface area contributed by atoms with Crippen LogP contribution < -0.4 is 0 Å². The lowest BCUT2D eigenvalue weighted by molar-refractivity contribution is 0.615. The number of hydrogen-bond acceptors (Lipinski definition) is 2. The molecule has 0 aliphatic rings. The summed E-state index contributed by atoms with van der Waals surface area (Å²) in [5.74, 6) is 0. The third-order valence-corrected chi connectivity index (χ3v) is 3.62. The lowest BCUT2D eigenvalue weighted by atomic mass is 10.1. The Morgan fingerprint density at radius 1 is 1.13 bits per heavy atom. The van der Waals surface area contributed by atoms with Gasteiger partial charge in [0, 0.05) is 10.7 Å². The van der Waals surface area contributed by atoms with Crippen LogP contribution in [0, 0.1) is 0 Å². The lowest BCUT2D eigenvalue weighted by Gasteiger charge is -2.05. The SMILES string of the molecule is [2H]S(=O)(=O)c1ccc(CBr)c2ccccc12. The minimum absolute atomic E-state index is 0.0628. The van der Waals surface area contributed by atoms with E-state index >= 15 is 0 Å². The highest BCUT2D eigenvalue weighted by Gasteiger charge is 2.05. The fraction of sp³-hybridized carbons (Fsp3) is 0.0909. The smallest absolute Gasteiger partial charge is 0.179 e. The Kier molecular flexibility index (Phi) is 2.70. The van der Waals surface area contributed by atoms with E-state index in [9.17, 15) is 8.42 Å². The fourth-order valence-electron chi connectivity index (χ4n) is 1.60. The predicted octanol–water partition coefficient (Wildman–Crippen LogP) is 2.71. The standard InChI is InChI=1S/C11H9BrO2S/c12-7-8-5-6-11(15(13)14)10-4-2-1-3-9(8)10/h1-6,15H,7H2/i15D. The van der Waals surface area contributed by atoms with Crippen molar-refractivity contribution in [3.8, 4) is 0 Å². The van der Waals surface area contributed by atoms with Crippen LogP contribution >= 0.6 is 15.9 Å². The Bertz CT molecular complexity index is 637. The molecule has 2 nitrogen and oxygen atoms in total. The fourth-order valence-corrected chi connectivity index (χ4v) is 2.62. The molecule has 4 heteroatoms. The molecule has 0 aliphatic carbocycles. The molecule has 0 unspecified atom stereocenters. The van der Waals surface area contributed by atoms with E-state index in [1.54, 1.807) is 18.2 Å². The van der Waals surface area contributed by atoms with Gasteiger partial charge in [-0.3, -0.25) is 0 Å². The van der Waals surface area contributed by atoms with Crippen molar-refractivity contribution in [2.45, 2.75) is 10.2 Å². The van der Waals surface area contributed by atoms with Crippen molar-refractivity contribution < 1.29 is 8.42 Å². The maximum absolute atomic E-state index is 11.3. The monoisotopic (exact) mass is 285 g/mol. The average molecular weight is 286 g/mol. The molecule has 2 aromatic carbocycles. The zero-order valence-electron chi connectivity index (χ0n) is 8.77. The molecule has 0 heterocycles. The number of fused-ring (bicyclic) bond motifs is 1. The zero-order chi connectivity index (χ0) is 11.8. The van der Waals surface area contributed by atoms with E-state index in [0.717, 1.165) is 10.9 Å². The molecule has 0 atom stereocenters. The van der Waals surface area contributed by atoms with Gasteiger partial charge in [0.1, 0.15) is 0 Å². The molecule has 2 aromatic rings. The molecule has 0 bridgehead atoms. The summed E-state index contributed by atoms with van der Waals surface area (Å²) < 4.78 is 29.7. The molecule has 0 saturated heterocycles. The summed E-state index contributed by atoms with van der Waals surface area (Å²) in [7, 11) is -3.92. The van der Waals surface area contributed by atoms with E-state index < -0.39 is 10.6 Å². The Morgan fingerprint density at radius 2 is 1.80 bits per heavy atom. The van der Waals surface area contributed by atoms with Gasteiger partial charge in [0.15, 0.2) is 11.7 Å². The molecule has 15 heavy (non-hydrogen) atoms. The van der Waals surface area contributed by atoms with Crippen molar-refractivity contribution in [1.29, 1.82) is 1.12 Å². The van der Waals surface area contributed by atoms with Crippen molar-refractivity contribution in [2.24, 2.45) is 0 Å². The van der Waals surface area contributed by atoms with Crippen LogP contribution in [0.2, 0.25) is 0 Å². The third-order valence-electron chi connectivity index (χ3n) is 2.30. The average Bonchev–Trinajstić information content (AvgIpc) is 2.26. The Hall–Kier alpha value is -0.870. The van der Waals surface area contributed by atoms with Gasteiger partial charge in [-0.1, -0.05) is 46.3 Å². The molecular formula is C11H9BrO2S. The van der Waals surface area contributed by atoms with Crippen LogP contribution in [0.15, 0.2) is 41.3 Å². The molecule has 0 aromatic heterocycles.